The van der Waals surface area contributed by atoms with Crippen LogP contribution < -0.4 is 0 Å². The smallest absolute Gasteiger partial charge is 0.138 e. The van der Waals surface area contributed by atoms with Gasteiger partial charge in [-0.05, 0) is 25.3 Å². The Bertz CT molecular complexity index is 114. The molecular formula is C10H17O. The molecule has 0 saturated carbocycles. The summed E-state index contributed by atoms with van der Waals surface area (Å²) in [5, 5.41) is 9.86. The second kappa shape index (κ2) is 9.28. The van der Waals surface area contributed by atoms with E-state index in [4.69, 9.17) is 0 Å². The zero-order valence-corrected chi connectivity index (χ0v) is 7.25. The van der Waals surface area contributed by atoms with Crippen LogP contribution in [-0.2, 0) is 5.11 Å². The maximum Gasteiger partial charge on any atom is 0.138 e. The Labute approximate surface area is 69.4 Å². The lowest BCUT2D eigenvalue weighted by Crippen LogP contribution is -1.68. The minimum Gasteiger partial charge on any atom is -0.299 e. The highest BCUT2D eigenvalue weighted by atomic mass is 16.2. The Balaban J connectivity index is 3.03. The van der Waals surface area contributed by atoms with Gasteiger partial charge in [0.25, 0.3) is 0 Å². The van der Waals surface area contributed by atoms with Gasteiger partial charge in [-0.3, -0.25) is 5.11 Å². The molecule has 1 heteroatoms. The average Bonchev–Trinajstić information content (AvgIpc) is 2.03. The highest BCUT2D eigenvalue weighted by Gasteiger charge is 1.78. The van der Waals surface area contributed by atoms with Crippen LogP contribution in [0.15, 0.2) is 24.5 Å². The fourth-order valence-electron chi connectivity index (χ4n) is 0.818. The first kappa shape index (κ1) is 10.3. The first-order chi connectivity index (χ1) is 5.41. The van der Waals surface area contributed by atoms with Crippen molar-refractivity contribution in [1.29, 1.82) is 0 Å². The lowest BCUT2D eigenvalue weighted by atomic mass is 10.2. The third-order valence-electron chi connectivity index (χ3n) is 1.49. The summed E-state index contributed by atoms with van der Waals surface area (Å²) in [6.07, 6.45) is 12.5. The van der Waals surface area contributed by atoms with Crippen LogP contribution in [0.5, 0.6) is 0 Å². The van der Waals surface area contributed by atoms with E-state index in [9.17, 15) is 5.11 Å². The molecule has 63 valence electrons. The van der Waals surface area contributed by atoms with E-state index in [0.717, 1.165) is 19.1 Å². The lowest BCUT2D eigenvalue weighted by Gasteiger charge is -1.87. The molecule has 1 nitrogen and oxygen atoms in total. The van der Waals surface area contributed by atoms with Gasteiger partial charge in [0.05, 0.1) is 0 Å². The van der Waals surface area contributed by atoms with Crippen LogP contribution in [-0.4, -0.2) is 0 Å². The van der Waals surface area contributed by atoms with Gasteiger partial charge in [0, 0.05) is 0 Å². The first-order valence-corrected chi connectivity index (χ1v) is 4.33. The topological polar surface area (TPSA) is 19.9 Å². The second-order valence-electron chi connectivity index (χ2n) is 2.56. The summed E-state index contributed by atoms with van der Waals surface area (Å²) in [5.41, 5.74) is 0. The molecule has 0 spiro atoms. The number of unbranched alkanes of at least 4 members (excludes halogenated alkanes) is 3. The van der Waals surface area contributed by atoms with E-state index >= 15 is 0 Å². The van der Waals surface area contributed by atoms with Crippen LogP contribution in [0.3, 0.4) is 0 Å². The highest BCUT2D eigenvalue weighted by Crippen LogP contribution is 1.98. The zero-order valence-electron chi connectivity index (χ0n) is 7.25. The monoisotopic (exact) mass is 153 g/mol. The van der Waals surface area contributed by atoms with Crippen LogP contribution >= 0.6 is 0 Å². The fourth-order valence-corrected chi connectivity index (χ4v) is 0.818. The number of allylic oxidation sites excluding steroid dienone is 3. The summed E-state index contributed by atoms with van der Waals surface area (Å²) in [4.78, 5) is 0. The summed E-state index contributed by atoms with van der Waals surface area (Å²) in [6, 6.07) is 0. The van der Waals surface area contributed by atoms with Crippen LogP contribution in [0.2, 0.25) is 0 Å². The molecule has 0 aliphatic heterocycles. The number of hydrogen-bond acceptors (Lipinski definition) is 0. The molecule has 0 aromatic heterocycles. The molecule has 0 atom stereocenters. The predicted octanol–water partition coefficient (Wildman–Crippen LogP) is 3.46. The van der Waals surface area contributed by atoms with Gasteiger partial charge < -0.3 is 0 Å². The molecule has 1 radical (unpaired) electrons. The summed E-state index contributed by atoms with van der Waals surface area (Å²) in [7, 11) is 0. The van der Waals surface area contributed by atoms with E-state index < -0.39 is 0 Å². The van der Waals surface area contributed by atoms with Crippen molar-refractivity contribution in [2.24, 2.45) is 0 Å². The Morgan fingerprint density at radius 3 is 2.27 bits per heavy atom. The third kappa shape index (κ3) is 9.28. The standard InChI is InChI=1S/C10H17O/c1-2-3-4-5-6-7-8-9-10-11/h5-6,9-10H,2-4,7-8H2,1H3/b6-5+,10-9+. The van der Waals surface area contributed by atoms with Gasteiger partial charge >= 0.3 is 0 Å². The van der Waals surface area contributed by atoms with Crippen molar-refractivity contribution in [1.82, 2.24) is 0 Å². The lowest BCUT2D eigenvalue weighted by molar-refractivity contribution is 0.350. The molecule has 0 saturated heterocycles. The van der Waals surface area contributed by atoms with E-state index in [0.29, 0.717) is 0 Å². The van der Waals surface area contributed by atoms with Crippen LogP contribution in [0.4, 0.5) is 0 Å². The van der Waals surface area contributed by atoms with Crippen molar-refractivity contribution in [3.63, 3.8) is 0 Å². The van der Waals surface area contributed by atoms with Crippen LogP contribution in [0, 0.1) is 0 Å². The summed E-state index contributed by atoms with van der Waals surface area (Å²) in [6.45, 7) is 2.19. The molecule has 0 aromatic rings. The van der Waals surface area contributed by atoms with E-state index in [2.05, 4.69) is 19.1 Å². The molecule has 0 aromatic carbocycles. The third-order valence-corrected chi connectivity index (χ3v) is 1.49. The summed E-state index contributed by atoms with van der Waals surface area (Å²) < 4.78 is 0. The maximum atomic E-state index is 9.86. The summed E-state index contributed by atoms with van der Waals surface area (Å²) >= 11 is 0. The van der Waals surface area contributed by atoms with Gasteiger partial charge in [-0.25, -0.2) is 0 Å². The Morgan fingerprint density at radius 2 is 1.64 bits per heavy atom. The van der Waals surface area contributed by atoms with Crippen LogP contribution in [0.25, 0.3) is 0 Å². The quantitative estimate of drug-likeness (QED) is 0.316. The van der Waals surface area contributed by atoms with Gasteiger partial charge in [0.15, 0.2) is 0 Å². The molecule has 0 bridgehead atoms. The minimum atomic E-state index is 0.861. The van der Waals surface area contributed by atoms with Crippen molar-refractivity contribution < 1.29 is 5.11 Å². The van der Waals surface area contributed by atoms with E-state index in [1.165, 1.54) is 19.3 Å². The van der Waals surface area contributed by atoms with Crippen molar-refractivity contribution in [3.05, 3.63) is 24.5 Å². The summed E-state index contributed by atoms with van der Waals surface area (Å²) in [5.74, 6) is 0. The molecule has 0 aliphatic rings. The largest absolute Gasteiger partial charge is 0.299 e. The van der Waals surface area contributed by atoms with E-state index in [1.807, 2.05) is 0 Å². The molecule has 0 amide bonds. The van der Waals surface area contributed by atoms with Crippen LogP contribution in [0.1, 0.15) is 39.0 Å². The van der Waals surface area contributed by atoms with Gasteiger partial charge in [-0.1, -0.05) is 31.9 Å². The zero-order chi connectivity index (χ0) is 8.36. The fraction of sp³-hybridized carbons (Fsp3) is 0.600. The van der Waals surface area contributed by atoms with Crippen molar-refractivity contribution in [3.8, 4) is 0 Å². The first-order valence-electron chi connectivity index (χ1n) is 4.33. The molecular weight excluding hydrogens is 136 g/mol. The number of rotatable bonds is 6. The van der Waals surface area contributed by atoms with Gasteiger partial charge in [0.2, 0.25) is 0 Å². The molecule has 0 rings (SSSR count). The molecule has 0 unspecified atom stereocenters. The minimum absolute atomic E-state index is 0.861. The Hall–Kier alpha value is -0.720. The highest BCUT2D eigenvalue weighted by molar-refractivity contribution is 4.84. The molecule has 0 N–H and O–H groups in total. The Kier molecular flexibility index (Phi) is 8.67. The molecule has 11 heavy (non-hydrogen) atoms. The van der Waals surface area contributed by atoms with Gasteiger partial charge in [0.1, 0.15) is 6.26 Å². The second-order valence-corrected chi connectivity index (χ2v) is 2.56. The molecule has 0 aliphatic carbocycles. The maximum absolute atomic E-state index is 9.86. The van der Waals surface area contributed by atoms with Crippen molar-refractivity contribution in [2.75, 3.05) is 0 Å². The van der Waals surface area contributed by atoms with Crippen molar-refractivity contribution >= 4 is 0 Å². The SMILES string of the molecule is CCCC/C=C/CC/C=C/[O]. The van der Waals surface area contributed by atoms with Gasteiger partial charge in [-0.2, -0.15) is 0 Å². The predicted molar refractivity (Wildman–Crippen MR) is 47.7 cm³/mol. The van der Waals surface area contributed by atoms with E-state index in [1.54, 1.807) is 6.08 Å². The van der Waals surface area contributed by atoms with Crippen molar-refractivity contribution in [2.45, 2.75) is 39.0 Å². The number of hydrogen-bond donors (Lipinski definition) is 0. The normalized spacial score (nSPS) is 11.7. The molecule has 0 fully saturated rings. The van der Waals surface area contributed by atoms with E-state index in [-0.39, 0.29) is 0 Å². The molecule has 0 heterocycles. The van der Waals surface area contributed by atoms with Gasteiger partial charge in [-0.15, -0.1) is 0 Å². The average molecular weight is 153 g/mol. The Morgan fingerprint density at radius 1 is 1.00 bits per heavy atom.